The molecule has 0 saturated carbocycles. The molecule has 0 radical (unpaired) electrons. The van der Waals surface area contributed by atoms with Crippen LogP contribution in [0.3, 0.4) is 0 Å². The summed E-state index contributed by atoms with van der Waals surface area (Å²) in [5.74, 6) is 0.0421. The summed E-state index contributed by atoms with van der Waals surface area (Å²) >= 11 is 0. The molecule has 0 aliphatic heterocycles. The molecule has 1 rings (SSSR count). The second kappa shape index (κ2) is 6.68. The van der Waals surface area contributed by atoms with Crippen molar-refractivity contribution in [2.45, 2.75) is 26.4 Å². The third kappa shape index (κ3) is 5.41. The van der Waals surface area contributed by atoms with Gasteiger partial charge in [-0.3, -0.25) is 9.69 Å². The molecule has 0 aliphatic carbocycles. The molecular weight excluding hydrogens is 240 g/mol. The average Bonchev–Trinajstić information content (AvgIpc) is 2.28. The summed E-state index contributed by atoms with van der Waals surface area (Å²) in [7, 11) is 1.84. The molecule has 0 heterocycles. The van der Waals surface area contributed by atoms with Crippen molar-refractivity contribution < 1.29 is 9.90 Å². The summed E-state index contributed by atoms with van der Waals surface area (Å²) in [5, 5.41) is 9.75. The van der Waals surface area contributed by atoms with Gasteiger partial charge in [0.15, 0.2) is 0 Å². The number of rotatable bonds is 6. The van der Waals surface area contributed by atoms with Gasteiger partial charge >= 0.3 is 0 Å². The Morgan fingerprint density at radius 3 is 2.32 bits per heavy atom. The highest BCUT2D eigenvalue weighted by molar-refractivity contribution is 5.94. The molecule has 0 saturated heterocycles. The van der Waals surface area contributed by atoms with E-state index in [-0.39, 0.29) is 5.91 Å². The van der Waals surface area contributed by atoms with E-state index in [0.29, 0.717) is 19.6 Å². The van der Waals surface area contributed by atoms with Gasteiger partial charge in [0.05, 0.1) is 12.1 Å². The van der Waals surface area contributed by atoms with E-state index in [4.69, 9.17) is 0 Å². The number of hydrogen-bond acceptors (Lipinski definition) is 3. The highest BCUT2D eigenvalue weighted by Gasteiger charge is 2.20. The summed E-state index contributed by atoms with van der Waals surface area (Å²) in [6.45, 7) is 6.84. The van der Waals surface area contributed by atoms with Crippen molar-refractivity contribution in [2.75, 3.05) is 31.6 Å². The van der Waals surface area contributed by atoms with Crippen molar-refractivity contribution in [2.24, 2.45) is 0 Å². The Morgan fingerprint density at radius 2 is 1.84 bits per heavy atom. The fourth-order valence-electron chi connectivity index (χ4n) is 2.14. The molecule has 19 heavy (non-hydrogen) atoms. The number of aliphatic hydroxyl groups is 1. The van der Waals surface area contributed by atoms with Gasteiger partial charge in [0.1, 0.15) is 0 Å². The first-order chi connectivity index (χ1) is 8.83. The van der Waals surface area contributed by atoms with Gasteiger partial charge in [0, 0.05) is 18.8 Å². The standard InChI is InChI=1S/C15H24N2O2/c1-5-17(13-9-7-6-8-10-13)14(18)11-16(4)12-15(2,3)19/h6-10,19H,5,11-12H2,1-4H3. The molecule has 0 aromatic heterocycles. The fourth-order valence-corrected chi connectivity index (χ4v) is 2.14. The second-order valence-corrected chi connectivity index (χ2v) is 5.46. The lowest BCUT2D eigenvalue weighted by atomic mass is 10.1. The van der Waals surface area contributed by atoms with E-state index in [1.807, 2.05) is 49.2 Å². The maximum atomic E-state index is 12.3. The van der Waals surface area contributed by atoms with E-state index in [9.17, 15) is 9.90 Å². The van der Waals surface area contributed by atoms with E-state index < -0.39 is 5.60 Å². The lowest BCUT2D eigenvalue weighted by Crippen LogP contribution is -2.43. The highest BCUT2D eigenvalue weighted by atomic mass is 16.3. The Morgan fingerprint density at radius 1 is 1.26 bits per heavy atom. The van der Waals surface area contributed by atoms with Gasteiger partial charge in [0.25, 0.3) is 0 Å². The Kier molecular flexibility index (Phi) is 5.51. The Bertz CT molecular complexity index is 398. The van der Waals surface area contributed by atoms with Crippen LogP contribution in [0.5, 0.6) is 0 Å². The molecule has 0 aliphatic rings. The molecule has 1 aromatic carbocycles. The van der Waals surface area contributed by atoms with Crippen LogP contribution in [0.2, 0.25) is 0 Å². The number of hydrogen-bond donors (Lipinski definition) is 1. The monoisotopic (exact) mass is 264 g/mol. The van der Waals surface area contributed by atoms with Gasteiger partial charge in [-0.05, 0) is 40.0 Å². The predicted molar refractivity (Wildman–Crippen MR) is 78.3 cm³/mol. The van der Waals surface area contributed by atoms with Gasteiger partial charge < -0.3 is 10.0 Å². The number of benzene rings is 1. The summed E-state index contributed by atoms with van der Waals surface area (Å²) < 4.78 is 0. The van der Waals surface area contributed by atoms with E-state index in [0.717, 1.165) is 5.69 Å². The van der Waals surface area contributed by atoms with Crippen LogP contribution in [-0.4, -0.2) is 48.2 Å². The zero-order valence-electron chi connectivity index (χ0n) is 12.3. The zero-order chi connectivity index (χ0) is 14.5. The Labute approximate surface area is 115 Å². The van der Waals surface area contributed by atoms with Crippen molar-refractivity contribution in [3.8, 4) is 0 Å². The van der Waals surface area contributed by atoms with Crippen LogP contribution < -0.4 is 4.90 Å². The van der Waals surface area contributed by atoms with Crippen molar-refractivity contribution in [1.29, 1.82) is 0 Å². The van der Waals surface area contributed by atoms with Crippen molar-refractivity contribution in [3.05, 3.63) is 30.3 Å². The molecule has 1 N–H and O–H groups in total. The van der Waals surface area contributed by atoms with E-state index in [2.05, 4.69) is 0 Å². The molecule has 0 fully saturated rings. The third-order valence-corrected chi connectivity index (χ3v) is 2.75. The van der Waals surface area contributed by atoms with Crippen LogP contribution >= 0.6 is 0 Å². The minimum atomic E-state index is -0.793. The number of anilines is 1. The smallest absolute Gasteiger partial charge is 0.241 e. The Balaban J connectivity index is 2.65. The van der Waals surface area contributed by atoms with E-state index >= 15 is 0 Å². The normalized spacial score (nSPS) is 11.7. The molecule has 1 amide bonds. The van der Waals surface area contributed by atoms with Crippen molar-refractivity contribution in [1.82, 2.24) is 4.90 Å². The summed E-state index contributed by atoms with van der Waals surface area (Å²) in [5.41, 5.74) is 0.116. The average molecular weight is 264 g/mol. The number of amides is 1. The lowest BCUT2D eigenvalue weighted by Gasteiger charge is -2.28. The van der Waals surface area contributed by atoms with Crippen LogP contribution in [0, 0.1) is 0 Å². The maximum Gasteiger partial charge on any atom is 0.241 e. The van der Waals surface area contributed by atoms with Crippen LogP contribution in [0.25, 0.3) is 0 Å². The first-order valence-corrected chi connectivity index (χ1v) is 6.60. The molecule has 4 heteroatoms. The number of likely N-dealkylation sites (N-methyl/N-ethyl adjacent to an activating group) is 2. The number of nitrogens with zero attached hydrogens (tertiary/aromatic N) is 2. The van der Waals surface area contributed by atoms with Crippen molar-refractivity contribution >= 4 is 11.6 Å². The zero-order valence-corrected chi connectivity index (χ0v) is 12.3. The maximum absolute atomic E-state index is 12.3. The quantitative estimate of drug-likeness (QED) is 0.851. The van der Waals surface area contributed by atoms with Crippen LogP contribution in [0.1, 0.15) is 20.8 Å². The predicted octanol–water partition coefficient (Wildman–Crippen LogP) is 1.74. The van der Waals surface area contributed by atoms with Gasteiger partial charge in [-0.2, -0.15) is 0 Å². The molecular formula is C15H24N2O2. The molecule has 0 spiro atoms. The summed E-state index contributed by atoms with van der Waals surface area (Å²) in [6.07, 6.45) is 0. The Hall–Kier alpha value is -1.39. The first-order valence-electron chi connectivity index (χ1n) is 6.60. The SMILES string of the molecule is CCN(C(=O)CN(C)CC(C)(C)O)c1ccccc1. The summed E-state index contributed by atoms with van der Waals surface area (Å²) in [4.78, 5) is 15.9. The molecule has 4 nitrogen and oxygen atoms in total. The summed E-state index contributed by atoms with van der Waals surface area (Å²) in [6, 6.07) is 9.63. The molecule has 0 unspecified atom stereocenters. The van der Waals surface area contributed by atoms with Gasteiger partial charge in [-0.25, -0.2) is 0 Å². The molecule has 0 atom stereocenters. The van der Waals surface area contributed by atoms with E-state index in [1.165, 1.54) is 0 Å². The minimum Gasteiger partial charge on any atom is -0.389 e. The van der Waals surface area contributed by atoms with Crippen molar-refractivity contribution in [3.63, 3.8) is 0 Å². The van der Waals surface area contributed by atoms with Gasteiger partial charge in [-0.1, -0.05) is 18.2 Å². The number of para-hydroxylation sites is 1. The van der Waals surface area contributed by atoms with E-state index in [1.54, 1.807) is 18.7 Å². The second-order valence-electron chi connectivity index (χ2n) is 5.46. The van der Waals surface area contributed by atoms with Crippen LogP contribution in [-0.2, 0) is 4.79 Å². The highest BCUT2D eigenvalue weighted by Crippen LogP contribution is 2.13. The lowest BCUT2D eigenvalue weighted by molar-refractivity contribution is -0.119. The van der Waals surface area contributed by atoms with Crippen LogP contribution in [0.4, 0.5) is 5.69 Å². The third-order valence-electron chi connectivity index (χ3n) is 2.75. The largest absolute Gasteiger partial charge is 0.389 e. The number of carbonyl (C=O) groups excluding carboxylic acids is 1. The van der Waals surface area contributed by atoms with Gasteiger partial charge in [-0.15, -0.1) is 0 Å². The topological polar surface area (TPSA) is 43.8 Å². The van der Waals surface area contributed by atoms with Gasteiger partial charge in [0.2, 0.25) is 5.91 Å². The van der Waals surface area contributed by atoms with Crippen LogP contribution in [0.15, 0.2) is 30.3 Å². The molecule has 1 aromatic rings. The number of carbonyl (C=O) groups is 1. The molecule has 0 bridgehead atoms. The minimum absolute atomic E-state index is 0.0421. The fraction of sp³-hybridized carbons (Fsp3) is 0.533. The molecule has 106 valence electrons. The first kappa shape index (κ1) is 15.7.